The zero-order valence-corrected chi connectivity index (χ0v) is 9.15. The van der Waals surface area contributed by atoms with Gasteiger partial charge < -0.3 is 20.6 Å². The first kappa shape index (κ1) is 11.5. The van der Waals surface area contributed by atoms with Gasteiger partial charge in [0.15, 0.2) is 6.29 Å². The van der Waals surface area contributed by atoms with Crippen LogP contribution in [0.3, 0.4) is 0 Å². The number of hydrogen-bond donors (Lipinski definition) is 4. The lowest BCUT2D eigenvalue weighted by Crippen LogP contribution is -2.31. The third kappa shape index (κ3) is 2.22. The predicted octanol–water partition coefficient (Wildman–Crippen LogP) is -0.562. The summed E-state index contributed by atoms with van der Waals surface area (Å²) in [5, 5.41) is 32.2. The number of amides is 1. The van der Waals surface area contributed by atoms with E-state index in [4.69, 9.17) is 10.2 Å². The second-order valence-electron chi connectivity index (χ2n) is 3.64. The number of nitrogens with one attached hydrogen (secondary N) is 1. The third-order valence-corrected chi connectivity index (χ3v) is 3.40. The summed E-state index contributed by atoms with van der Waals surface area (Å²) in [7, 11) is 0. The molecule has 1 aliphatic heterocycles. The van der Waals surface area contributed by atoms with E-state index >= 15 is 0 Å². The smallest absolute Gasteiger partial charge is 0.220 e. The van der Waals surface area contributed by atoms with Crippen LogP contribution in [-0.2, 0) is 4.79 Å². The van der Waals surface area contributed by atoms with Gasteiger partial charge in [0.1, 0.15) is 16.8 Å². The number of aliphatic hydroxyl groups is 3. The van der Waals surface area contributed by atoms with Gasteiger partial charge in [0.05, 0.1) is 6.04 Å². The van der Waals surface area contributed by atoms with Gasteiger partial charge in [0.25, 0.3) is 0 Å². The highest BCUT2D eigenvalue weighted by molar-refractivity contribution is 7.09. The molecular weight excluding hydrogens is 232 g/mol. The Morgan fingerprint density at radius 1 is 1.50 bits per heavy atom. The number of nitrogens with zero attached hydrogens (tertiary/aromatic N) is 1. The fourth-order valence-electron chi connectivity index (χ4n) is 1.60. The van der Waals surface area contributed by atoms with Gasteiger partial charge in [0, 0.05) is 11.8 Å². The Balaban J connectivity index is 2.08. The van der Waals surface area contributed by atoms with Crippen molar-refractivity contribution in [3.63, 3.8) is 0 Å². The molecule has 6 nitrogen and oxygen atoms in total. The normalized spacial score (nSPS) is 22.5. The molecule has 1 unspecified atom stereocenters. The highest BCUT2D eigenvalue weighted by Gasteiger charge is 2.30. The summed E-state index contributed by atoms with van der Waals surface area (Å²) >= 11 is 1.14. The van der Waals surface area contributed by atoms with Gasteiger partial charge in [-0.1, -0.05) is 0 Å². The molecule has 0 bridgehead atoms. The molecule has 1 aromatic rings. The Labute approximate surface area is 95.6 Å². The van der Waals surface area contributed by atoms with Crippen molar-refractivity contribution in [3.05, 3.63) is 16.1 Å². The zero-order valence-electron chi connectivity index (χ0n) is 8.33. The van der Waals surface area contributed by atoms with Crippen molar-refractivity contribution in [3.8, 4) is 0 Å². The van der Waals surface area contributed by atoms with Gasteiger partial charge in [0.2, 0.25) is 5.91 Å². The first-order chi connectivity index (χ1) is 7.58. The van der Waals surface area contributed by atoms with Crippen LogP contribution in [0.25, 0.3) is 0 Å². The summed E-state index contributed by atoms with van der Waals surface area (Å²) < 4.78 is 0. The zero-order chi connectivity index (χ0) is 11.7. The van der Waals surface area contributed by atoms with Crippen LogP contribution in [-0.4, -0.2) is 32.3 Å². The summed E-state index contributed by atoms with van der Waals surface area (Å²) in [5.41, 5.74) is 0.114. The van der Waals surface area contributed by atoms with Crippen LogP contribution in [0.4, 0.5) is 0 Å². The molecule has 2 heterocycles. The quantitative estimate of drug-likeness (QED) is 0.534. The minimum atomic E-state index is -1.63. The number of rotatable bonds is 3. The summed E-state index contributed by atoms with van der Waals surface area (Å²) in [5.74, 6) is -0.0805. The van der Waals surface area contributed by atoms with Crippen molar-refractivity contribution >= 4 is 17.2 Å². The molecule has 1 aliphatic rings. The molecule has 7 heteroatoms. The summed E-state index contributed by atoms with van der Waals surface area (Å²) in [6.45, 7) is 0. The maximum Gasteiger partial charge on any atom is 0.220 e. The Hall–Kier alpha value is -1.02. The average molecular weight is 244 g/mol. The Bertz CT molecular complexity index is 393. The minimum absolute atomic E-state index is 0.0805. The highest BCUT2D eigenvalue weighted by Crippen LogP contribution is 2.27. The minimum Gasteiger partial charge on any atom is -0.384 e. The lowest BCUT2D eigenvalue weighted by molar-refractivity contribution is -0.119. The van der Waals surface area contributed by atoms with E-state index in [2.05, 4.69) is 10.3 Å². The van der Waals surface area contributed by atoms with Crippen molar-refractivity contribution in [1.29, 1.82) is 0 Å². The molecule has 2 rings (SSSR count). The highest BCUT2D eigenvalue weighted by atomic mass is 32.1. The number of hydrogen-bond acceptors (Lipinski definition) is 6. The second-order valence-corrected chi connectivity index (χ2v) is 4.53. The molecule has 1 fully saturated rings. The van der Waals surface area contributed by atoms with Crippen LogP contribution in [0, 0.1) is 0 Å². The van der Waals surface area contributed by atoms with Gasteiger partial charge in [-0.05, 0) is 6.42 Å². The maximum atomic E-state index is 11.0. The molecule has 0 aromatic carbocycles. The monoisotopic (exact) mass is 244 g/mol. The number of aliphatic hydroxyl groups excluding tert-OH is 2. The molecule has 0 spiro atoms. The van der Waals surface area contributed by atoms with Crippen LogP contribution in [0.2, 0.25) is 0 Å². The van der Waals surface area contributed by atoms with E-state index in [0.717, 1.165) is 11.3 Å². The van der Waals surface area contributed by atoms with Crippen molar-refractivity contribution in [2.45, 2.75) is 31.3 Å². The van der Waals surface area contributed by atoms with E-state index in [-0.39, 0.29) is 17.6 Å². The molecule has 0 aliphatic carbocycles. The molecular formula is C9H12N2O4S. The Morgan fingerprint density at radius 3 is 2.75 bits per heavy atom. The van der Waals surface area contributed by atoms with Crippen molar-refractivity contribution in [1.82, 2.24) is 10.3 Å². The fourth-order valence-corrected chi connectivity index (χ4v) is 2.48. The lowest BCUT2D eigenvalue weighted by Gasteiger charge is -2.15. The largest absolute Gasteiger partial charge is 0.384 e. The molecule has 1 aromatic heterocycles. The number of carbonyl (C=O) groups excluding carboxylic acids is 1. The Kier molecular flexibility index (Phi) is 3.20. The van der Waals surface area contributed by atoms with Gasteiger partial charge in [-0.2, -0.15) is 0 Å². The topological polar surface area (TPSA) is 103 Å². The molecule has 0 radical (unpaired) electrons. The Morgan fingerprint density at radius 2 is 2.25 bits per heavy atom. The van der Waals surface area contributed by atoms with E-state index in [9.17, 15) is 9.90 Å². The first-order valence-corrected chi connectivity index (χ1v) is 5.75. The van der Waals surface area contributed by atoms with Crippen LogP contribution in [0.15, 0.2) is 5.38 Å². The van der Waals surface area contributed by atoms with E-state index in [1.165, 1.54) is 5.38 Å². The molecule has 1 saturated heterocycles. The molecule has 1 amide bonds. The number of carbonyl (C=O) groups is 1. The third-order valence-electron chi connectivity index (χ3n) is 2.47. The predicted molar refractivity (Wildman–Crippen MR) is 55.4 cm³/mol. The van der Waals surface area contributed by atoms with E-state index in [1.54, 1.807) is 0 Å². The van der Waals surface area contributed by atoms with Gasteiger partial charge in [-0.25, -0.2) is 4.98 Å². The van der Waals surface area contributed by atoms with Crippen LogP contribution in [0.1, 0.15) is 35.9 Å². The summed E-state index contributed by atoms with van der Waals surface area (Å²) in [4.78, 5) is 14.9. The van der Waals surface area contributed by atoms with Crippen molar-refractivity contribution in [2.24, 2.45) is 0 Å². The lowest BCUT2D eigenvalue weighted by atomic mass is 10.1. The molecule has 0 saturated carbocycles. The molecule has 16 heavy (non-hydrogen) atoms. The van der Waals surface area contributed by atoms with Gasteiger partial charge in [-0.3, -0.25) is 4.79 Å². The van der Waals surface area contributed by atoms with Gasteiger partial charge in [-0.15, -0.1) is 11.3 Å². The average Bonchev–Trinajstić information content (AvgIpc) is 2.84. The van der Waals surface area contributed by atoms with Crippen molar-refractivity contribution in [2.75, 3.05) is 0 Å². The maximum absolute atomic E-state index is 11.0. The van der Waals surface area contributed by atoms with Crippen LogP contribution in [0.5, 0.6) is 0 Å². The first-order valence-electron chi connectivity index (χ1n) is 4.87. The second kappa shape index (κ2) is 4.46. The van der Waals surface area contributed by atoms with E-state index in [1.807, 2.05) is 0 Å². The molecule has 2 atom stereocenters. The molecule has 88 valence electrons. The number of thiazole rings is 1. The summed E-state index contributed by atoms with van der Waals surface area (Å²) in [6.07, 6.45) is -1.54. The van der Waals surface area contributed by atoms with E-state index < -0.39 is 12.4 Å². The van der Waals surface area contributed by atoms with E-state index in [0.29, 0.717) is 17.8 Å². The summed E-state index contributed by atoms with van der Waals surface area (Å²) in [6, 6.07) is -0.331. The van der Waals surface area contributed by atoms with Crippen molar-refractivity contribution < 1.29 is 20.1 Å². The number of aromatic nitrogens is 1. The SMILES string of the molecule is O=C1CC[C@@H](C(O)c2nc(C(O)O)cs2)N1. The van der Waals surface area contributed by atoms with Crippen LogP contribution >= 0.6 is 11.3 Å². The molecule has 4 N–H and O–H groups in total. The van der Waals surface area contributed by atoms with Crippen LogP contribution < -0.4 is 5.32 Å². The standard InChI is InChI=1S/C9H12N2O4S/c12-6-2-1-4(10-6)7(13)8-11-5(3-16-8)9(14)15/h3-4,7,9,13-15H,1-2H2,(H,10,12)/t4-,7?/m0/s1. The fraction of sp³-hybridized carbons (Fsp3) is 0.556. The van der Waals surface area contributed by atoms with Gasteiger partial charge >= 0.3 is 0 Å².